The number of piperazine rings is 1. The molecule has 1 N–H and O–H groups in total. The predicted molar refractivity (Wildman–Crippen MR) is 76.7 cm³/mol. The van der Waals surface area contributed by atoms with E-state index in [1.807, 2.05) is 7.05 Å². The number of benzene rings is 1. The van der Waals surface area contributed by atoms with Crippen molar-refractivity contribution in [2.75, 3.05) is 33.2 Å². The van der Waals surface area contributed by atoms with Gasteiger partial charge in [0, 0.05) is 31.6 Å². The Bertz CT molecular complexity index is 700. The first-order valence-corrected chi connectivity index (χ1v) is 7.03. The molecule has 3 rings (SSSR count). The highest BCUT2D eigenvalue weighted by atomic mass is 19.4. The summed E-state index contributed by atoms with van der Waals surface area (Å²) in [5.74, 6) is -0.252. The number of hydrogen-bond acceptors (Lipinski definition) is 2. The van der Waals surface area contributed by atoms with Crippen LogP contribution in [0.1, 0.15) is 16.1 Å². The molecule has 2 aromatic rings. The van der Waals surface area contributed by atoms with Crippen molar-refractivity contribution in [3.8, 4) is 0 Å². The maximum absolute atomic E-state index is 13.0. The summed E-state index contributed by atoms with van der Waals surface area (Å²) in [6, 6.07) is 5.43. The average molecular weight is 311 g/mol. The lowest BCUT2D eigenvalue weighted by Gasteiger charge is -2.32. The second kappa shape index (κ2) is 5.31. The zero-order valence-corrected chi connectivity index (χ0v) is 12.1. The maximum atomic E-state index is 13.0. The Labute approximate surface area is 125 Å². The average Bonchev–Trinajstić information content (AvgIpc) is 2.90. The van der Waals surface area contributed by atoms with Crippen molar-refractivity contribution in [1.82, 2.24) is 14.8 Å². The number of H-pyrrole nitrogens is 1. The largest absolute Gasteiger partial charge is 0.418 e. The van der Waals surface area contributed by atoms with Gasteiger partial charge in [-0.05, 0) is 19.2 Å². The van der Waals surface area contributed by atoms with E-state index in [2.05, 4.69) is 9.88 Å². The molecule has 0 spiro atoms. The van der Waals surface area contributed by atoms with Gasteiger partial charge in [0.15, 0.2) is 0 Å². The van der Waals surface area contributed by atoms with Crippen LogP contribution in [0.15, 0.2) is 24.3 Å². The fourth-order valence-electron chi connectivity index (χ4n) is 2.69. The van der Waals surface area contributed by atoms with Gasteiger partial charge < -0.3 is 14.8 Å². The highest BCUT2D eigenvalue weighted by molar-refractivity contribution is 5.98. The van der Waals surface area contributed by atoms with Gasteiger partial charge >= 0.3 is 6.18 Å². The summed E-state index contributed by atoms with van der Waals surface area (Å²) in [7, 11) is 1.97. The van der Waals surface area contributed by atoms with Crippen LogP contribution in [0.5, 0.6) is 0 Å². The van der Waals surface area contributed by atoms with Crippen molar-refractivity contribution in [3.05, 3.63) is 35.5 Å². The number of nitrogens with zero attached hydrogens (tertiary/aromatic N) is 2. The van der Waals surface area contributed by atoms with E-state index in [1.54, 1.807) is 11.0 Å². The number of amides is 1. The van der Waals surface area contributed by atoms with Crippen LogP contribution >= 0.6 is 0 Å². The number of hydrogen-bond donors (Lipinski definition) is 1. The third kappa shape index (κ3) is 2.68. The first kappa shape index (κ1) is 14.9. The summed E-state index contributed by atoms with van der Waals surface area (Å²) in [5, 5.41) is 0.396. The third-order valence-electron chi connectivity index (χ3n) is 3.98. The number of rotatable bonds is 1. The van der Waals surface area contributed by atoms with Crippen LogP contribution in [0.25, 0.3) is 10.9 Å². The molecule has 0 aliphatic carbocycles. The van der Waals surface area contributed by atoms with E-state index in [0.717, 1.165) is 19.2 Å². The number of likely N-dealkylation sites (N-methyl/N-ethyl adjacent to an activating group) is 1. The number of aromatic nitrogens is 1. The molecule has 0 saturated carbocycles. The molecule has 1 aliphatic heterocycles. The van der Waals surface area contributed by atoms with E-state index in [9.17, 15) is 18.0 Å². The Morgan fingerprint density at radius 1 is 1.18 bits per heavy atom. The van der Waals surface area contributed by atoms with E-state index in [1.165, 1.54) is 12.1 Å². The molecule has 2 heterocycles. The standard InChI is InChI=1S/C15H16F3N3O/c1-20-5-7-21(8-6-20)14(22)12-9-10-3-2-4-11(13(10)19-12)15(16,17)18/h2-4,9,19H,5-8H2,1H3. The number of aromatic amines is 1. The van der Waals surface area contributed by atoms with Crippen molar-refractivity contribution in [2.45, 2.75) is 6.18 Å². The predicted octanol–water partition coefficient (Wildman–Crippen LogP) is 2.57. The van der Waals surface area contributed by atoms with Crippen molar-refractivity contribution in [2.24, 2.45) is 0 Å². The highest BCUT2D eigenvalue weighted by Crippen LogP contribution is 2.34. The Kier molecular flexibility index (Phi) is 3.60. The van der Waals surface area contributed by atoms with E-state index in [-0.39, 0.29) is 17.1 Å². The first-order chi connectivity index (χ1) is 10.4. The topological polar surface area (TPSA) is 39.3 Å². The number of carbonyl (C=O) groups excluding carboxylic acids is 1. The number of nitrogens with one attached hydrogen (secondary N) is 1. The number of halogens is 3. The molecular formula is C15H16F3N3O. The second-order valence-electron chi connectivity index (χ2n) is 5.55. The Morgan fingerprint density at radius 2 is 1.86 bits per heavy atom. The molecule has 0 radical (unpaired) electrons. The molecule has 7 heteroatoms. The zero-order chi connectivity index (χ0) is 15.9. The van der Waals surface area contributed by atoms with Crippen LogP contribution in [0.2, 0.25) is 0 Å². The lowest BCUT2D eigenvalue weighted by atomic mass is 10.1. The minimum atomic E-state index is -4.45. The molecule has 1 fully saturated rings. The van der Waals surface area contributed by atoms with Gasteiger partial charge in [-0.3, -0.25) is 4.79 Å². The summed E-state index contributed by atoms with van der Waals surface area (Å²) < 4.78 is 39.0. The van der Waals surface area contributed by atoms with Crippen LogP contribution < -0.4 is 0 Å². The van der Waals surface area contributed by atoms with Crippen molar-refractivity contribution >= 4 is 16.8 Å². The molecule has 1 amide bonds. The number of carbonyl (C=O) groups is 1. The quantitative estimate of drug-likeness (QED) is 0.879. The minimum Gasteiger partial charge on any atom is -0.350 e. The van der Waals surface area contributed by atoms with Crippen molar-refractivity contribution < 1.29 is 18.0 Å². The normalized spacial score (nSPS) is 17.2. The van der Waals surface area contributed by atoms with Gasteiger partial charge in [0.2, 0.25) is 0 Å². The highest BCUT2D eigenvalue weighted by Gasteiger charge is 2.33. The zero-order valence-electron chi connectivity index (χ0n) is 12.1. The summed E-state index contributed by atoms with van der Waals surface area (Å²) in [6.45, 7) is 2.69. The fraction of sp³-hybridized carbons (Fsp3) is 0.400. The first-order valence-electron chi connectivity index (χ1n) is 7.03. The van der Waals surface area contributed by atoms with Gasteiger partial charge in [-0.2, -0.15) is 13.2 Å². The summed E-state index contributed by atoms with van der Waals surface area (Å²) >= 11 is 0. The van der Waals surface area contributed by atoms with Gasteiger partial charge in [0.25, 0.3) is 5.91 Å². The van der Waals surface area contributed by atoms with Crippen molar-refractivity contribution in [3.63, 3.8) is 0 Å². The SMILES string of the molecule is CN1CCN(C(=O)c2cc3cccc(C(F)(F)F)c3[nH]2)CC1. The molecule has 0 bridgehead atoms. The minimum absolute atomic E-state index is 0.0347. The van der Waals surface area contributed by atoms with E-state index >= 15 is 0 Å². The third-order valence-corrected chi connectivity index (χ3v) is 3.98. The molecule has 1 saturated heterocycles. The smallest absolute Gasteiger partial charge is 0.350 e. The molecule has 1 aliphatic rings. The van der Waals surface area contributed by atoms with E-state index < -0.39 is 11.7 Å². The summed E-state index contributed by atoms with van der Waals surface area (Å²) in [6.07, 6.45) is -4.45. The Hall–Kier alpha value is -2.02. The van der Waals surface area contributed by atoms with Gasteiger partial charge in [0.05, 0.1) is 11.1 Å². The van der Waals surface area contributed by atoms with Gasteiger partial charge in [-0.1, -0.05) is 12.1 Å². The van der Waals surface area contributed by atoms with E-state index in [0.29, 0.717) is 18.5 Å². The van der Waals surface area contributed by atoms with E-state index in [4.69, 9.17) is 0 Å². The van der Waals surface area contributed by atoms with Crippen molar-refractivity contribution in [1.29, 1.82) is 0 Å². The number of fused-ring (bicyclic) bond motifs is 1. The molecule has 4 nitrogen and oxygen atoms in total. The second-order valence-corrected chi connectivity index (χ2v) is 5.55. The summed E-state index contributed by atoms with van der Waals surface area (Å²) in [5.41, 5.74) is -0.578. The molecule has 0 unspecified atom stereocenters. The molecule has 0 atom stereocenters. The lowest BCUT2D eigenvalue weighted by molar-refractivity contribution is -0.136. The molecule has 1 aromatic carbocycles. The van der Waals surface area contributed by atoms with Crippen LogP contribution in [0, 0.1) is 0 Å². The molecule has 1 aromatic heterocycles. The molecule has 22 heavy (non-hydrogen) atoms. The number of alkyl halides is 3. The Balaban J connectivity index is 1.94. The maximum Gasteiger partial charge on any atom is 0.418 e. The van der Waals surface area contributed by atoms with Gasteiger partial charge in [-0.25, -0.2) is 0 Å². The van der Waals surface area contributed by atoms with Crippen LogP contribution in [0.4, 0.5) is 13.2 Å². The summed E-state index contributed by atoms with van der Waals surface area (Å²) in [4.78, 5) is 18.9. The lowest BCUT2D eigenvalue weighted by Crippen LogP contribution is -2.47. The fourth-order valence-corrected chi connectivity index (χ4v) is 2.69. The molecule has 118 valence electrons. The Morgan fingerprint density at radius 3 is 2.50 bits per heavy atom. The molecular weight excluding hydrogens is 295 g/mol. The van der Waals surface area contributed by atoms with Crippen LogP contribution in [-0.2, 0) is 6.18 Å². The van der Waals surface area contributed by atoms with Gasteiger partial charge in [-0.15, -0.1) is 0 Å². The van der Waals surface area contributed by atoms with Gasteiger partial charge in [0.1, 0.15) is 5.69 Å². The van der Waals surface area contributed by atoms with Crippen LogP contribution in [-0.4, -0.2) is 53.9 Å². The number of para-hydroxylation sites is 1. The monoisotopic (exact) mass is 311 g/mol. The van der Waals surface area contributed by atoms with Crippen LogP contribution in [0.3, 0.4) is 0 Å².